The number of hydrogen-bond acceptors (Lipinski definition) is 3. The van der Waals surface area contributed by atoms with Crippen LogP contribution in [0.1, 0.15) is 33.6 Å². The Morgan fingerprint density at radius 3 is 2.50 bits per heavy atom. The standard InChI is InChI=1S/C24H26ClN3OS/c1-16-5-10-23(11-17(16)2)28-18(3)12-21(19(28)4)13-26-27-24(29)15-30-14-20-6-8-22(25)9-7-20/h5-13H,14-15H2,1-4H3,(H,27,29)/b26-13+. The summed E-state index contributed by atoms with van der Waals surface area (Å²) in [6, 6.07) is 16.2. The van der Waals surface area contributed by atoms with Crippen molar-refractivity contribution in [2.24, 2.45) is 5.10 Å². The number of aromatic nitrogens is 1. The number of hydrazone groups is 1. The van der Waals surface area contributed by atoms with E-state index in [1.807, 2.05) is 24.3 Å². The van der Waals surface area contributed by atoms with Gasteiger partial charge in [-0.25, -0.2) is 5.43 Å². The molecular weight excluding hydrogens is 414 g/mol. The Kier molecular flexibility index (Phi) is 7.40. The van der Waals surface area contributed by atoms with Gasteiger partial charge in [-0.2, -0.15) is 5.10 Å². The molecule has 0 aliphatic rings. The molecular formula is C24H26ClN3OS. The molecule has 0 spiro atoms. The highest BCUT2D eigenvalue weighted by molar-refractivity contribution is 7.99. The molecule has 30 heavy (non-hydrogen) atoms. The maximum atomic E-state index is 12.1. The van der Waals surface area contributed by atoms with Crippen molar-refractivity contribution in [3.05, 3.63) is 87.2 Å². The molecule has 1 aromatic heterocycles. The summed E-state index contributed by atoms with van der Waals surface area (Å²) in [5.41, 5.74) is 10.6. The van der Waals surface area contributed by atoms with Gasteiger partial charge >= 0.3 is 0 Å². The molecule has 1 heterocycles. The zero-order valence-corrected chi connectivity index (χ0v) is 19.3. The number of benzene rings is 2. The molecule has 0 aliphatic carbocycles. The highest BCUT2D eigenvalue weighted by atomic mass is 35.5. The van der Waals surface area contributed by atoms with E-state index in [-0.39, 0.29) is 5.91 Å². The van der Waals surface area contributed by atoms with Crippen LogP contribution in [0.3, 0.4) is 0 Å². The maximum absolute atomic E-state index is 12.1. The number of carbonyl (C=O) groups excluding carboxylic acids is 1. The van der Waals surface area contributed by atoms with E-state index >= 15 is 0 Å². The summed E-state index contributed by atoms with van der Waals surface area (Å²) >= 11 is 7.43. The number of nitrogens with zero attached hydrogens (tertiary/aromatic N) is 2. The summed E-state index contributed by atoms with van der Waals surface area (Å²) in [6.07, 6.45) is 1.71. The molecule has 1 N–H and O–H groups in total. The minimum atomic E-state index is -0.117. The van der Waals surface area contributed by atoms with Gasteiger partial charge in [-0.3, -0.25) is 4.79 Å². The van der Waals surface area contributed by atoms with Gasteiger partial charge in [0.2, 0.25) is 5.91 Å². The smallest absolute Gasteiger partial charge is 0.250 e. The fourth-order valence-electron chi connectivity index (χ4n) is 3.23. The second kappa shape index (κ2) is 10.0. The van der Waals surface area contributed by atoms with Gasteiger partial charge in [0.25, 0.3) is 0 Å². The maximum Gasteiger partial charge on any atom is 0.250 e. The van der Waals surface area contributed by atoms with Crippen molar-refractivity contribution in [3.8, 4) is 5.69 Å². The second-order valence-electron chi connectivity index (χ2n) is 7.34. The molecule has 1 amide bonds. The van der Waals surface area contributed by atoms with Gasteiger partial charge in [-0.15, -0.1) is 11.8 Å². The first kappa shape index (κ1) is 22.2. The van der Waals surface area contributed by atoms with Gasteiger partial charge in [0.1, 0.15) is 0 Å². The third-order valence-electron chi connectivity index (χ3n) is 5.03. The van der Waals surface area contributed by atoms with Crippen LogP contribution in [0.2, 0.25) is 5.02 Å². The minimum Gasteiger partial charge on any atom is -0.318 e. The highest BCUT2D eigenvalue weighted by Crippen LogP contribution is 2.22. The van der Waals surface area contributed by atoms with Crippen molar-refractivity contribution < 1.29 is 4.79 Å². The largest absolute Gasteiger partial charge is 0.318 e. The van der Waals surface area contributed by atoms with Crippen LogP contribution in [0.5, 0.6) is 0 Å². The van der Waals surface area contributed by atoms with Crippen LogP contribution >= 0.6 is 23.4 Å². The molecule has 156 valence electrons. The summed E-state index contributed by atoms with van der Waals surface area (Å²) in [5.74, 6) is 0.987. The van der Waals surface area contributed by atoms with Crippen molar-refractivity contribution in [1.29, 1.82) is 0 Å². The molecule has 2 aromatic carbocycles. The quantitative estimate of drug-likeness (QED) is 0.376. The van der Waals surface area contributed by atoms with E-state index in [0.29, 0.717) is 10.8 Å². The lowest BCUT2D eigenvalue weighted by Crippen LogP contribution is -2.19. The predicted molar refractivity (Wildman–Crippen MR) is 128 cm³/mol. The van der Waals surface area contributed by atoms with Gasteiger partial charge < -0.3 is 4.57 Å². The van der Waals surface area contributed by atoms with Crippen molar-refractivity contribution in [2.45, 2.75) is 33.4 Å². The number of aryl methyl sites for hydroxylation is 3. The second-order valence-corrected chi connectivity index (χ2v) is 8.76. The predicted octanol–water partition coefficient (Wildman–Crippen LogP) is 5.75. The molecule has 3 aromatic rings. The number of thioether (sulfide) groups is 1. The van der Waals surface area contributed by atoms with E-state index in [2.05, 4.69) is 67.1 Å². The van der Waals surface area contributed by atoms with Crippen LogP contribution in [0.25, 0.3) is 5.69 Å². The zero-order chi connectivity index (χ0) is 21.7. The van der Waals surface area contributed by atoms with E-state index < -0.39 is 0 Å². The minimum absolute atomic E-state index is 0.117. The normalized spacial score (nSPS) is 11.2. The number of amides is 1. The summed E-state index contributed by atoms with van der Waals surface area (Å²) < 4.78 is 2.21. The molecule has 0 bridgehead atoms. The summed E-state index contributed by atoms with van der Waals surface area (Å²) in [6.45, 7) is 8.37. The first-order valence-corrected chi connectivity index (χ1v) is 11.3. The summed E-state index contributed by atoms with van der Waals surface area (Å²) in [5, 5.41) is 4.87. The zero-order valence-electron chi connectivity index (χ0n) is 17.7. The molecule has 4 nitrogen and oxygen atoms in total. The van der Waals surface area contributed by atoms with Gasteiger partial charge in [0, 0.05) is 33.4 Å². The Labute approximate surface area is 187 Å². The van der Waals surface area contributed by atoms with E-state index in [0.717, 1.165) is 34.0 Å². The van der Waals surface area contributed by atoms with Crippen LogP contribution in [-0.2, 0) is 10.5 Å². The first-order chi connectivity index (χ1) is 14.3. The Bertz CT molecular complexity index is 1070. The summed E-state index contributed by atoms with van der Waals surface area (Å²) in [7, 11) is 0. The molecule has 6 heteroatoms. The van der Waals surface area contributed by atoms with E-state index in [9.17, 15) is 4.79 Å². The lowest BCUT2D eigenvalue weighted by atomic mass is 10.1. The topological polar surface area (TPSA) is 46.4 Å². The molecule has 0 unspecified atom stereocenters. The van der Waals surface area contributed by atoms with Gasteiger partial charge in [-0.05, 0) is 74.7 Å². The van der Waals surface area contributed by atoms with Crippen molar-refractivity contribution in [2.75, 3.05) is 5.75 Å². The lowest BCUT2D eigenvalue weighted by molar-refractivity contribution is -0.118. The first-order valence-electron chi connectivity index (χ1n) is 9.76. The Hall–Kier alpha value is -2.50. The fraction of sp³-hybridized carbons (Fsp3) is 0.250. The SMILES string of the molecule is Cc1ccc(-n2c(C)cc(/C=N/NC(=O)CSCc3ccc(Cl)cc3)c2C)cc1C. The molecule has 0 atom stereocenters. The van der Waals surface area contributed by atoms with Gasteiger partial charge in [-0.1, -0.05) is 29.8 Å². The van der Waals surface area contributed by atoms with E-state index in [4.69, 9.17) is 11.6 Å². The average Bonchev–Trinajstić information content (AvgIpc) is 2.99. The van der Waals surface area contributed by atoms with Crippen molar-refractivity contribution in [3.63, 3.8) is 0 Å². The van der Waals surface area contributed by atoms with E-state index in [1.165, 1.54) is 11.1 Å². The van der Waals surface area contributed by atoms with Gasteiger partial charge in [0.05, 0.1) is 12.0 Å². The number of halogens is 1. The Morgan fingerprint density at radius 1 is 1.07 bits per heavy atom. The third-order valence-corrected chi connectivity index (χ3v) is 6.28. The number of carbonyl (C=O) groups is 1. The Balaban J connectivity index is 1.57. The van der Waals surface area contributed by atoms with Crippen molar-refractivity contribution in [1.82, 2.24) is 9.99 Å². The van der Waals surface area contributed by atoms with Crippen LogP contribution in [-0.4, -0.2) is 22.4 Å². The van der Waals surface area contributed by atoms with Crippen LogP contribution in [0.15, 0.2) is 53.6 Å². The van der Waals surface area contributed by atoms with Crippen LogP contribution in [0.4, 0.5) is 0 Å². The molecule has 0 fully saturated rings. The number of rotatable bonds is 7. The number of hydrogen-bond donors (Lipinski definition) is 1. The molecule has 0 aliphatic heterocycles. The molecule has 3 rings (SSSR count). The lowest BCUT2D eigenvalue weighted by Gasteiger charge is -2.11. The monoisotopic (exact) mass is 439 g/mol. The van der Waals surface area contributed by atoms with Gasteiger partial charge in [0.15, 0.2) is 0 Å². The van der Waals surface area contributed by atoms with E-state index in [1.54, 1.807) is 18.0 Å². The highest BCUT2D eigenvalue weighted by Gasteiger charge is 2.10. The molecule has 0 radical (unpaired) electrons. The van der Waals surface area contributed by atoms with Crippen molar-refractivity contribution >= 4 is 35.5 Å². The number of nitrogens with one attached hydrogen (secondary N) is 1. The summed E-state index contributed by atoms with van der Waals surface area (Å²) in [4.78, 5) is 12.1. The third kappa shape index (κ3) is 5.55. The molecule has 0 saturated carbocycles. The Morgan fingerprint density at radius 2 is 1.80 bits per heavy atom. The fourth-order valence-corrected chi connectivity index (χ4v) is 4.13. The van der Waals surface area contributed by atoms with Crippen LogP contribution in [0, 0.1) is 27.7 Å². The molecule has 0 saturated heterocycles. The van der Waals surface area contributed by atoms with Crippen LogP contribution < -0.4 is 5.43 Å². The average molecular weight is 440 g/mol.